The number of alkyl halides is 1. The largest absolute Gasteiger partial charge is 0.396 e. The van der Waals surface area contributed by atoms with Gasteiger partial charge in [0.25, 0.3) is 0 Å². The molecule has 2 rings (SSSR count). The molecule has 23 heavy (non-hydrogen) atoms. The van der Waals surface area contributed by atoms with Crippen LogP contribution in [0.3, 0.4) is 0 Å². The van der Waals surface area contributed by atoms with Crippen LogP contribution in [-0.4, -0.2) is 68.8 Å². The van der Waals surface area contributed by atoms with Crippen molar-refractivity contribution in [2.24, 2.45) is 0 Å². The molecule has 2 heterocycles. The smallest absolute Gasteiger partial charge is 0.363 e. The number of H-pyrrole nitrogens is 1. The summed E-state index contributed by atoms with van der Waals surface area (Å²) in [6.45, 7) is 5.05. The van der Waals surface area contributed by atoms with Crippen LogP contribution in [0.15, 0.2) is 9.59 Å². The average molecular weight is 397 g/mol. The molecule has 0 radical (unpaired) electrons. The molecule has 0 saturated carbocycles. The molecule has 3 N–H and O–H groups in total. The summed E-state index contributed by atoms with van der Waals surface area (Å²) in [6, 6.07) is 0. The Bertz CT molecular complexity index is 631. The van der Waals surface area contributed by atoms with Gasteiger partial charge in [0.05, 0.1) is 19.8 Å². The van der Waals surface area contributed by atoms with Crippen LogP contribution in [0.25, 0.3) is 0 Å². The zero-order valence-corrected chi connectivity index (χ0v) is 14.5. The summed E-state index contributed by atoms with van der Waals surface area (Å²) in [6.07, 6.45) is 0. The van der Waals surface area contributed by atoms with Crippen molar-refractivity contribution in [3.05, 3.63) is 21.0 Å². The Morgan fingerprint density at radius 1 is 1.00 bits per heavy atom. The van der Waals surface area contributed by atoms with Gasteiger partial charge in [0, 0.05) is 18.4 Å². The summed E-state index contributed by atoms with van der Waals surface area (Å²) >= 11 is 3.00. The van der Waals surface area contributed by atoms with E-state index in [1.54, 1.807) is 6.92 Å². The molecular weight excluding hydrogens is 376 g/mol. The predicted octanol–water partition coefficient (Wildman–Crippen LogP) is -2.19. The molecule has 12 nitrogen and oxygen atoms in total. The lowest BCUT2D eigenvalue weighted by molar-refractivity contribution is 0.266. The van der Waals surface area contributed by atoms with E-state index < -0.39 is 0 Å². The number of hydrogen-bond acceptors (Lipinski definition) is 8. The van der Waals surface area contributed by atoms with E-state index in [0.29, 0.717) is 18.4 Å². The van der Waals surface area contributed by atoms with Crippen molar-refractivity contribution < 1.29 is 10.2 Å². The van der Waals surface area contributed by atoms with Crippen molar-refractivity contribution in [3.63, 3.8) is 0 Å². The quantitative estimate of drug-likeness (QED) is 0.481. The van der Waals surface area contributed by atoms with E-state index in [4.69, 9.17) is 10.2 Å². The van der Waals surface area contributed by atoms with Crippen LogP contribution in [-0.2, 0) is 19.6 Å². The van der Waals surface area contributed by atoms with Crippen molar-refractivity contribution >= 4 is 15.9 Å². The number of aromatic amines is 1. The molecule has 0 aliphatic heterocycles. The summed E-state index contributed by atoms with van der Waals surface area (Å²) < 4.78 is 3.60. The standard InChI is InChI=1S/C5H10N4O2.C3H6N4O.C2H5BrO/c1-2-8-5(11)9(3-4-10)7-6-8;1-2-7-3(8)4-5-6-7;3-1-2-4/h10H,2-4H2,1H3;2H2,1H3,(H,4,6,8);4H,1-2H2. The Kier molecular flexibility index (Phi) is 11.6. The maximum absolute atomic E-state index is 11.1. The second-order valence-electron chi connectivity index (χ2n) is 3.76. The van der Waals surface area contributed by atoms with Gasteiger partial charge >= 0.3 is 11.4 Å². The maximum Gasteiger partial charge on any atom is 0.363 e. The van der Waals surface area contributed by atoms with Gasteiger partial charge in [-0.1, -0.05) is 15.9 Å². The normalized spacial score (nSPS) is 9.61. The van der Waals surface area contributed by atoms with Gasteiger partial charge in [0.2, 0.25) is 0 Å². The van der Waals surface area contributed by atoms with Crippen LogP contribution in [0.4, 0.5) is 0 Å². The van der Waals surface area contributed by atoms with Crippen LogP contribution >= 0.6 is 15.9 Å². The van der Waals surface area contributed by atoms with E-state index in [-0.39, 0.29) is 31.1 Å². The van der Waals surface area contributed by atoms with Gasteiger partial charge in [0.15, 0.2) is 0 Å². The second kappa shape index (κ2) is 12.7. The SMILES string of the molecule is CCn1nn[nH]c1=O.CCn1nnn(CCO)c1=O.OCCBr. The highest BCUT2D eigenvalue weighted by atomic mass is 79.9. The molecule has 0 bridgehead atoms. The van der Waals surface area contributed by atoms with Gasteiger partial charge in [-0.2, -0.15) is 14.0 Å². The molecule has 13 heteroatoms. The van der Waals surface area contributed by atoms with Gasteiger partial charge in [-0.3, -0.25) is 0 Å². The number of hydrogen-bond donors (Lipinski definition) is 3. The molecule has 2 aromatic rings. The minimum atomic E-state index is -0.276. The van der Waals surface area contributed by atoms with Gasteiger partial charge < -0.3 is 10.2 Å². The summed E-state index contributed by atoms with van der Waals surface area (Å²) in [5.41, 5.74) is -0.533. The number of aryl methyl sites for hydroxylation is 2. The highest BCUT2D eigenvalue weighted by molar-refractivity contribution is 9.09. The number of halogens is 1. The Hall–Kier alpha value is -1.86. The van der Waals surface area contributed by atoms with E-state index in [0.717, 1.165) is 4.68 Å². The van der Waals surface area contributed by atoms with Crippen molar-refractivity contribution in [2.45, 2.75) is 33.5 Å². The van der Waals surface area contributed by atoms with E-state index >= 15 is 0 Å². The average Bonchev–Trinajstić information content (AvgIpc) is 3.14. The molecular formula is C10H21BrN8O4. The third kappa shape index (κ3) is 7.80. The van der Waals surface area contributed by atoms with Crippen molar-refractivity contribution in [1.29, 1.82) is 0 Å². The molecule has 0 fully saturated rings. The first kappa shape index (κ1) is 21.1. The number of aliphatic hydroxyl groups excluding tert-OH is 2. The lowest BCUT2D eigenvalue weighted by Crippen LogP contribution is -2.25. The van der Waals surface area contributed by atoms with E-state index in [1.165, 1.54) is 9.36 Å². The van der Waals surface area contributed by atoms with Crippen LogP contribution in [0.5, 0.6) is 0 Å². The Morgan fingerprint density at radius 3 is 1.87 bits per heavy atom. The van der Waals surface area contributed by atoms with Crippen LogP contribution in [0, 0.1) is 0 Å². The van der Waals surface area contributed by atoms with Crippen LogP contribution < -0.4 is 11.4 Å². The molecule has 0 aromatic carbocycles. The lowest BCUT2D eigenvalue weighted by Gasteiger charge is -1.90. The third-order valence-electron chi connectivity index (χ3n) is 2.23. The van der Waals surface area contributed by atoms with Crippen LogP contribution in [0.2, 0.25) is 0 Å². The minimum Gasteiger partial charge on any atom is -0.396 e. The van der Waals surface area contributed by atoms with Crippen molar-refractivity contribution in [2.75, 3.05) is 18.5 Å². The third-order valence-corrected chi connectivity index (χ3v) is 2.58. The van der Waals surface area contributed by atoms with Gasteiger partial charge in [-0.15, -0.1) is 0 Å². The maximum atomic E-state index is 11.1. The topological polar surface area (TPSA) is 157 Å². The Morgan fingerprint density at radius 2 is 1.57 bits per heavy atom. The fraction of sp³-hybridized carbons (Fsp3) is 0.800. The van der Waals surface area contributed by atoms with Gasteiger partial charge in [0.1, 0.15) is 0 Å². The highest BCUT2D eigenvalue weighted by Gasteiger charge is 2.02. The molecule has 0 unspecified atom stereocenters. The van der Waals surface area contributed by atoms with Gasteiger partial charge in [-0.25, -0.2) is 14.7 Å². The fourth-order valence-electron chi connectivity index (χ4n) is 1.16. The number of tetrazole rings is 2. The fourth-order valence-corrected chi connectivity index (χ4v) is 1.16. The first-order valence-corrected chi connectivity index (χ1v) is 7.94. The molecule has 0 aliphatic carbocycles. The number of rotatable bonds is 5. The molecule has 0 saturated heterocycles. The summed E-state index contributed by atoms with van der Waals surface area (Å²) in [5.74, 6) is 0. The molecule has 0 spiro atoms. The summed E-state index contributed by atoms with van der Waals surface area (Å²) in [5, 5.41) is 33.0. The molecule has 132 valence electrons. The molecule has 0 atom stereocenters. The summed E-state index contributed by atoms with van der Waals surface area (Å²) in [7, 11) is 0. The molecule has 2 aromatic heterocycles. The zero-order valence-electron chi connectivity index (χ0n) is 13.0. The molecule has 0 amide bonds. The van der Waals surface area contributed by atoms with E-state index in [2.05, 4.69) is 41.9 Å². The Balaban J connectivity index is 0.000000354. The molecule has 0 aliphatic rings. The number of aromatic nitrogens is 8. The zero-order chi connectivity index (χ0) is 17.7. The van der Waals surface area contributed by atoms with Crippen LogP contribution in [0.1, 0.15) is 13.8 Å². The number of aliphatic hydroxyl groups is 2. The van der Waals surface area contributed by atoms with Crippen molar-refractivity contribution in [3.8, 4) is 0 Å². The van der Waals surface area contributed by atoms with E-state index in [9.17, 15) is 9.59 Å². The lowest BCUT2D eigenvalue weighted by atomic mass is 10.7. The minimum absolute atomic E-state index is 0.0949. The number of nitrogens with one attached hydrogen (secondary N) is 1. The summed E-state index contributed by atoms with van der Waals surface area (Å²) in [4.78, 5) is 21.5. The van der Waals surface area contributed by atoms with Gasteiger partial charge in [-0.05, 0) is 34.7 Å². The Labute approximate surface area is 139 Å². The first-order chi connectivity index (χ1) is 11.0. The first-order valence-electron chi connectivity index (χ1n) is 6.82. The van der Waals surface area contributed by atoms with E-state index in [1.807, 2.05) is 6.92 Å². The monoisotopic (exact) mass is 396 g/mol. The van der Waals surface area contributed by atoms with Crippen molar-refractivity contribution in [1.82, 2.24) is 40.0 Å². The highest BCUT2D eigenvalue weighted by Crippen LogP contribution is 1.73. The number of nitrogens with zero attached hydrogens (tertiary/aromatic N) is 7. The second-order valence-corrected chi connectivity index (χ2v) is 4.55. The predicted molar refractivity (Wildman–Crippen MR) is 84.2 cm³/mol.